The molecule has 0 radical (unpaired) electrons. The molecular weight excluding hydrogens is 399 g/mol. The van der Waals surface area contributed by atoms with Crippen LogP contribution >= 0.6 is 23.8 Å². The van der Waals surface area contributed by atoms with Gasteiger partial charge in [0.1, 0.15) is 11.3 Å². The minimum Gasteiger partial charge on any atom is -0.455 e. The number of rotatable bonds is 3. The second-order valence-electron chi connectivity index (χ2n) is 5.60. The van der Waals surface area contributed by atoms with Crippen molar-refractivity contribution in [3.8, 4) is 0 Å². The lowest BCUT2D eigenvalue weighted by molar-refractivity contribution is -0.137. The molecule has 3 rings (SSSR count). The minimum absolute atomic E-state index is 0.00770. The fourth-order valence-electron chi connectivity index (χ4n) is 2.30. The molecule has 0 amide bonds. The van der Waals surface area contributed by atoms with Crippen molar-refractivity contribution >= 4 is 51.3 Å². The Morgan fingerprint density at radius 2 is 1.89 bits per heavy atom. The second-order valence-corrected chi connectivity index (χ2v) is 6.42. The van der Waals surface area contributed by atoms with Crippen LogP contribution in [0.1, 0.15) is 18.2 Å². The zero-order valence-corrected chi connectivity index (χ0v) is 15.5. The van der Waals surface area contributed by atoms with Crippen molar-refractivity contribution in [2.45, 2.75) is 13.1 Å². The number of furan rings is 1. The fraction of sp³-hybridized carbons (Fsp3) is 0.111. The molecule has 1 heterocycles. The summed E-state index contributed by atoms with van der Waals surface area (Å²) in [7, 11) is 0. The molecule has 0 bridgehead atoms. The molecule has 140 valence electrons. The number of hydrazone groups is 1. The first kappa shape index (κ1) is 19.2. The highest BCUT2D eigenvalue weighted by atomic mass is 35.5. The van der Waals surface area contributed by atoms with E-state index in [1.165, 1.54) is 0 Å². The third-order valence-electron chi connectivity index (χ3n) is 3.65. The molecule has 0 atom stereocenters. The summed E-state index contributed by atoms with van der Waals surface area (Å²) in [6.07, 6.45) is -4.48. The van der Waals surface area contributed by atoms with Crippen LogP contribution in [0.4, 0.5) is 18.9 Å². The fourth-order valence-corrected chi connectivity index (χ4v) is 2.62. The van der Waals surface area contributed by atoms with E-state index in [0.29, 0.717) is 11.5 Å². The van der Waals surface area contributed by atoms with Gasteiger partial charge in [-0.3, -0.25) is 5.43 Å². The van der Waals surface area contributed by atoms with Crippen LogP contribution in [0.25, 0.3) is 11.0 Å². The zero-order valence-electron chi connectivity index (χ0n) is 13.9. The van der Waals surface area contributed by atoms with Gasteiger partial charge in [0, 0.05) is 5.39 Å². The average Bonchev–Trinajstić information content (AvgIpc) is 3.05. The monoisotopic (exact) mass is 411 g/mol. The molecule has 0 spiro atoms. The molecule has 9 heteroatoms. The van der Waals surface area contributed by atoms with Gasteiger partial charge in [0.05, 0.1) is 16.3 Å². The lowest BCUT2D eigenvalue weighted by Crippen LogP contribution is -2.25. The molecule has 0 aliphatic carbocycles. The van der Waals surface area contributed by atoms with Crippen LogP contribution in [0, 0.1) is 0 Å². The van der Waals surface area contributed by atoms with Gasteiger partial charge in [0.25, 0.3) is 0 Å². The highest BCUT2D eigenvalue weighted by molar-refractivity contribution is 7.80. The van der Waals surface area contributed by atoms with Gasteiger partial charge in [0.15, 0.2) is 10.9 Å². The number of hydrogen-bond acceptors (Lipinski definition) is 3. The van der Waals surface area contributed by atoms with E-state index >= 15 is 0 Å². The van der Waals surface area contributed by atoms with E-state index in [-0.39, 0.29) is 15.8 Å². The highest BCUT2D eigenvalue weighted by Gasteiger charge is 2.31. The van der Waals surface area contributed by atoms with Crippen LogP contribution in [0.3, 0.4) is 0 Å². The topological polar surface area (TPSA) is 49.6 Å². The van der Waals surface area contributed by atoms with E-state index in [4.69, 9.17) is 28.2 Å². The first-order valence-corrected chi connectivity index (χ1v) is 8.49. The molecule has 2 N–H and O–H groups in total. The van der Waals surface area contributed by atoms with Crippen LogP contribution < -0.4 is 10.7 Å². The van der Waals surface area contributed by atoms with Gasteiger partial charge in [-0.05, 0) is 49.5 Å². The Hall–Kier alpha value is -2.58. The standard InChI is InChI=1S/C18H13ClF3N3OS/c1-10(16-8-11-4-2-3-5-15(11)26-16)24-25-17(27)23-14-9-12(18(20,21)22)6-7-13(14)19/h2-9H,1H3,(H2,23,25,27)/b24-10-. The van der Waals surface area contributed by atoms with Crippen LogP contribution in [-0.4, -0.2) is 10.8 Å². The summed E-state index contributed by atoms with van der Waals surface area (Å²) >= 11 is 11.0. The molecule has 4 nitrogen and oxygen atoms in total. The normalized spacial score (nSPS) is 12.3. The van der Waals surface area contributed by atoms with Gasteiger partial charge < -0.3 is 9.73 Å². The number of alkyl halides is 3. The summed E-state index contributed by atoms with van der Waals surface area (Å²) in [4.78, 5) is 0. The number of nitrogens with zero attached hydrogens (tertiary/aromatic N) is 1. The SMILES string of the molecule is C/C(=N/NC(=S)Nc1cc(C(F)(F)F)ccc1Cl)c1cc2ccccc2o1. The third-order valence-corrected chi connectivity index (χ3v) is 4.17. The quantitative estimate of drug-likeness (QED) is 0.324. The Kier molecular flexibility index (Phi) is 5.38. The maximum absolute atomic E-state index is 12.8. The van der Waals surface area contributed by atoms with Crippen LogP contribution in [-0.2, 0) is 6.18 Å². The van der Waals surface area contributed by atoms with Gasteiger partial charge in [-0.1, -0.05) is 29.8 Å². The van der Waals surface area contributed by atoms with Gasteiger partial charge >= 0.3 is 6.18 Å². The molecule has 0 fully saturated rings. The largest absolute Gasteiger partial charge is 0.455 e. The lowest BCUT2D eigenvalue weighted by Gasteiger charge is -2.12. The summed E-state index contributed by atoms with van der Waals surface area (Å²) in [5.74, 6) is 0.545. The highest BCUT2D eigenvalue weighted by Crippen LogP contribution is 2.33. The molecule has 0 saturated carbocycles. The van der Waals surface area contributed by atoms with E-state index < -0.39 is 11.7 Å². The molecule has 2 aromatic carbocycles. The molecule has 1 aromatic heterocycles. The first-order chi connectivity index (χ1) is 12.7. The minimum atomic E-state index is -4.48. The number of para-hydroxylation sites is 1. The molecule has 3 aromatic rings. The van der Waals surface area contributed by atoms with Gasteiger partial charge in [-0.2, -0.15) is 18.3 Å². The third kappa shape index (κ3) is 4.58. The smallest absolute Gasteiger partial charge is 0.416 e. The van der Waals surface area contributed by atoms with Crippen LogP contribution in [0.15, 0.2) is 58.0 Å². The number of fused-ring (bicyclic) bond motifs is 1. The number of benzene rings is 2. The van der Waals surface area contributed by atoms with Crippen LogP contribution in [0.5, 0.6) is 0 Å². The lowest BCUT2D eigenvalue weighted by atomic mass is 10.2. The van der Waals surface area contributed by atoms with Gasteiger partial charge in [0.2, 0.25) is 0 Å². The van der Waals surface area contributed by atoms with Crippen molar-refractivity contribution in [2.75, 3.05) is 5.32 Å². The Labute approximate surface area is 163 Å². The molecule has 0 aliphatic rings. The number of thiocarbonyl (C=S) groups is 1. The Bertz CT molecular complexity index is 997. The zero-order chi connectivity index (χ0) is 19.6. The Morgan fingerprint density at radius 1 is 1.15 bits per heavy atom. The van der Waals surface area contributed by atoms with E-state index in [0.717, 1.165) is 29.2 Å². The Morgan fingerprint density at radius 3 is 2.59 bits per heavy atom. The van der Waals surface area contributed by atoms with E-state index in [9.17, 15) is 13.2 Å². The predicted octanol–water partition coefficient (Wildman–Crippen LogP) is 5.82. The number of anilines is 1. The average molecular weight is 412 g/mol. The number of hydrogen-bond donors (Lipinski definition) is 2. The predicted molar refractivity (Wildman–Crippen MR) is 104 cm³/mol. The number of nitrogens with one attached hydrogen (secondary N) is 2. The molecule has 0 unspecified atom stereocenters. The second kappa shape index (κ2) is 7.58. The summed E-state index contributed by atoms with van der Waals surface area (Å²) in [5, 5.41) is 7.72. The molecule has 0 saturated heterocycles. The van der Waals surface area contributed by atoms with E-state index in [1.807, 2.05) is 30.3 Å². The maximum Gasteiger partial charge on any atom is 0.416 e. The van der Waals surface area contributed by atoms with Crippen molar-refractivity contribution in [1.29, 1.82) is 0 Å². The summed E-state index contributed by atoms with van der Waals surface area (Å²) in [6, 6.07) is 12.3. The molecule has 27 heavy (non-hydrogen) atoms. The van der Waals surface area contributed by atoms with E-state index in [1.54, 1.807) is 6.92 Å². The molecule has 0 aliphatic heterocycles. The summed E-state index contributed by atoms with van der Waals surface area (Å²) in [5.41, 5.74) is 3.00. The van der Waals surface area contributed by atoms with Gasteiger partial charge in [-0.15, -0.1) is 0 Å². The van der Waals surface area contributed by atoms with Crippen LogP contribution in [0.2, 0.25) is 5.02 Å². The van der Waals surface area contributed by atoms with Crippen molar-refractivity contribution in [3.63, 3.8) is 0 Å². The molecular formula is C18H13ClF3N3OS. The van der Waals surface area contributed by atoms with Crippen molar-refractivity contribution in [3.05, 3.63) is 64.9 Å². The summed E-state index contributed by atoms with van der Waals surface area (Å²) in [6.45, 7) is 1.71. The van der Waals surface area contributed by atoms with Crippen molar-refractivity contribution < 1.29 is 17.6 Å². The first-order valence-electron chi connectivity index (χ1n) is 7.71. The van der Waals surface area contributed by atoms with Crippen molar-refractivity contribution in [1.82, 2.24) is 5.43 Å². The Balaban J connectivity index is 1.71. The summed E-state index contributed by atoms with van der Waals surface area (Å²) < 4.78 is 44.1. The van der Waals surface area contributed by atoms with E-state index in [2.05, 4.69) is 15.8 Å². The maximum atomic E-state index is 12.8. The van der Waals surface area contributed by atoms with Crippen molar-refractivity contribution in [2.24, 2.45) is 5.10 Å². The number of halogens is 4. The van der Waals surface area contributed by atoms with Gasteiger partial charge in [-0.25, -0.2) is 0 Å².